The maximum Gasteiger partial charge on any atom is 0.340 e. The molecule has 2 aromatic rings. The molecule has 24 heavy (non-hydrogen) atoms. The maximum atomic E-state index is 12.2. The van der Waals surface area contributed by atoms with Crippen molar-refractivity contribution in [3.63, 3.8) is 0 Å². The van der Waals surface area contributed by atoms with Gasteiger partial charge >= 0.3 is 5.97 Å². The summed E-state index contributed by atoms with van der Waals surface area (Å²) >= 11 is 0. The van der Waals surface area contributed by atoms with Crippen molar-refractivity contribution in [2.75, 3.05) is 11.9 Å². The predicted octanol–water partition coefficient (Wildman–Crippen LogP) is 3.54. The zero-order chi connectivity index (χ0) is 17.9. The number of benzene rings is 1. The second-order valence-corrected chi connectivity index (χ2v) is 5.92. The van der Waals surface area contributed by atoms with Crippen LogP contribution in [0.2, 0.25) is 0 Å². The lowest BCUT2D eigenvalue weighted by molar-refractivity contribution is -0.119. The minimum atomic E-state index is -0.473. The van der Waals surface area contributed by atoms with Gasteiger partial charge in [0.25, 0.3) is 5.91 Å². The van der Waals surface area contributed by atoms with Gasteiger partial charge < -0.3 is 14.6 Å². The summed E-state index contributed by atoms with van der Waals surface area (Å²) in [6.45, 7) is 10.2. The molecule has 0 aliphatic carbocycles. The average molecular weight is 328 g/mol. The summed E-state index contributed by atoms with van der Waals surface area (Å²) in [5.41, 5.74) is 5.08. The van der Waals surface area contributed by atoms with Crippen LogP contribution in [-0.2, 0) is 16.1 Å². The van der Waals surface area contributed by atoms with Crippen molar-refractivity contribution in [3.8, 4) is 0 Å². The van der Waals surface area contributed by atoms with E-state index in [9.17, 15) is 9.59 Å². The number of aromatic nitrogens is 1. The monoisotopic (exact) mass is 328 g/mol. The number of nitrogens with zero attached hydrogens (tertiary/aromatic N) is 1. The molecule has 0 bridgehead atoms. The number of aryl methyl sites for hydroxylation is 3. The third-order valence-electron chi connectivity index (χ3n) is 4.19. The maximum absolute atomic E-state index is 12.2. The molecule has 1 N–H and O–H groups in total. The lowest BCUT2D eigenvalue weighted by atomic mass is 10.1. The minimum Gasteiger partial charge on any atom is -0.452 e. The van der Waals surface area contributed by atoms with E-state index in [1.54, 1.807) is 6.07 Å². The summed E-state index contributed by atoms with van der Waals surface area (Å²) in [6, 6.07) is 7.58. The van der Waals surface area contributed by atoms with Crippen molar-refractivity contribution in [3.05, 3.63) is 52.3 Å². The Morgan fingerprint density at radius 2 is 1.75 bits per heavy atom. The molecule has 1 aromatic carbocycles. The van der Waals surface area contributed by atoms with E-state index in [2.05, 4.69) is 5.32 Å². The summed E-state index contributed by atoms with van der Waals surface area (Å²) in [4.78, 5) is 24.3. The van der Waals surface area contributed by atoms with E-state index in [1.165, 1.54) is 0 Å². The first-order valence-corrected chi connectivity index (χ1v) is 8.05. The molecule has 0 spiro atoms. The first-order valence-electron chi connectivity index (χ1n) is 8.05. The minimum absolute atomic E-state index is 0.303. The highest BCUT2D eigenvalue weighted by Crippen LogP contribution is 2.19. The molecule has 0 aliphatic rings. The largest absolute Gasteiger partial charge is 0.452 e. The number of anilines is 1. The number of para-hydroxylation sites is 1. The molecule has 0 aliphatic heterocycles. The predicted molar refractivity (Wildman–Crippen MR) is 94.4 cm³/mol. The van der Waals surface area contributed by atoms with Gasteiger partial charge in [-0.05, 0) is 51.8 Å². The molecule has 0 atom stereocenters. The number of rotatable bonds is 5. The van der Waals surface area contributed by atoms with E-state index < -0.39 is 5.97 Å². The van der Waals surface area contributed by atoms with Crippen LogP contribution in [0.5, 0.6) is 0 Å². The molecular weight excluding hydrogens is 304 g/mol. The molecule has 5 nitrogen and oxygen atoms in total. The Balaban J connectivity index is 2.00. The van der Waals surface area contributed by atoms with Crippen molar-refractivity contribution >= 4 is 17.6 Å². The van der Waals surface area contributed by atoms with Crippen molar-refractivity contribution in [2.45, 2.75) is 41.2 Å². The second-order valence-electron chi connectivity index (χ2n) is 5.92. The van der Waals surface area contributed by atoms with Crippen molar-refractivity contribution in [1.29, 1.82) is 0 Å². The first-order chi connectivity index (χ1) is 11.3. The third-order valence-corrected chi connectivity index (χ3v) is 4.19. The van der Waals surface area contributed by atoms with Crippen LogP contribution in [0.4, 0.5) is 5.69 Å². The molecule has 0 saturated carbocycles. The van der Waals surface area contributed by atoms with Gasteiger partial charge in [-0.2, -0.15) is 0 Å². The molecule has 1 heterocycles. The fourth-order valence-electron chi connectivity index (χ4n) is 2.89. The second kappa shape index (κ2) is 7.34. The lowest BCUT2D eigenvalue weighted by Gasteiger charge is -2.11. The summed E-state index contributed by atoms with van der Waals surface area (Å²) in [7, 11) is 0. The van der Waals surface area contributed by atoms with Crippen LogP contribution < -0.4 is 5.32 Å². The molecule has 2 rings (SSSR count). The van der Waals surface area contributed by atoms with E-state index in [1.807, 2.05) is 57.4 Å². The molecule has 1 aromatic heterocycles. The molecule has 0 fully saturated rings. The van der Waals surface area contributed by atoms with Gasteiger partial charge in [0.2, 0.25) is 0 Å². The van der Waals surface area contributed by atoms with Crippen LogP contribution in [0.25, 0.3) is 0 Å². The quantitative estimate of drug-likeness (QED) is 0.854. The van der Waals surface area contributed by atoms with Gasteiger partial charge in [-0.1, -0.05) is 18.2 Å². The average Bonchev–Trinajstić information content (AvgIpc) is 2.83. The van der Waals surface area contributed by atoms with Crippen molar-refractivity contribution < 1.29 is 14.3 Å². The molecule has 0 saturated heterocycles. The van der Waals surface area contributed by atoms with Gasteiger partial charge in [0, 0.05) is 23.6 Å². The number of ether oxygens (including phenoxy) is 1. The molecule has 1 amide bonds. The smallest absolute Gasteiger partial charge is 0.340 e. The van der Waals surface area contributed by atoms with E-state index in [0.29, 0.717) is 5.56 Å². The normalized spacial score (nSPS) is 10.5. The topological polar surface area (TPSA) is 60.3 Å². The summed E-state index contributed by atoms with van der Waals surface area (Å²) in [5.74, 6) is -0.815. The number of carbonyl (C=O) groups excluding carboxylic acids is 2. The number of hydrogen-bond donors (Lipinski definition) is 1. The Kier molecular flexibility index (Phi) is 5.44. The van der Waals surface area contributed by atoms with Gasteiger partial charge in [-0.25, -0.2) is 4.79 Å². The fourth-order valence-corrected chi connectivity index (χ4v) is 2.89. The Bertz CT molecular complexity index is 755. The zero-order valence-corrected chi connectivity index (χ0v) is 14.9. The molecule has 5 heteroatoms. The van der Waals surface area contributed by atoms with Gasteiger partial charge in [-0.15, -0.1) is 0 Å². The van der Waals surface area contributed by atoms with E-state index >= 15 is 0 Å². The molecular formula is C19H24N2O3. The van der Waals surface area contributed by atoms with Crippen LogP contribution in [0.15, 0.2) is 24.3 Å². The van der Waals surface area contributed by atoms with Gasteiger partial charge in [0.05, 0.1) is 5.56 Å². The third kappa shape index (κ3) is 3.67. The van der Waals surface area contributed by atoms with E-state index in [-0.39, 0.29) is 12.5 Å². The highest BCUT2D eigenvalue weighted by molar-refractivity contribution is 5.96. The van der Waals surface area contributed by atoms with Gasteiger partial charge in [0.15, 0.2) is 6.61 Å². The summed E-state index contributed by atoms with van der Waals surface area (Å²) < 4.78 is 7.21. The first kappa shape index (κ1) is 17.8. The highest BCUT2D eigenvalue weighted by Gasteiger charge is 2.17. The highest BCUT2D eigenvalue weighted by atomic mass is 16.5. The van der Waals surface area contributed by atoms with E-state index in [0.717, 1.165) is 34.7 Å². The Labute approximate surface area is 142 Å². The van der Waals surface area contributed by atoms with Crippen molar-refractivity contribution in [2.24, 2.45) is 0 Å². The molecule has 0 unspecified atom stereocenters. The standard InChI is InChI=1S/C19H24N2O3/c1-6-21-14(4)10-16(15(21)5)19(23)24-11-17(22)20-18-12(2)8-7-9-13(18)3/h7-10H,6,11H2,1-5H3,(H,20,22). The number of carbonyl (C=O) groups is 2. The number of hydrogen-bond acceptors (Lipinski definition) is 3. The number of nitrogens with one attached hydrogen (secondary N) is 1. The molecule has 128 valence electrons. The Morgan fingerprint density at radius 3 is 2.29 bits per heavy atom. The van der Waals surface area contributed by atoms with Gasteiger partial charge in [0.1, 0.15) is 0 Å². The number of amides is 1. The fraction of sp³-hybridized carbons (Fsp3) is 0.368. The summed E-state index contributed by atoms with van der Waals surface area (Å²) in [6.07, 6.45) is 0. The van der Waals surface area contributed by atoms with Crippen molar-refractivity contribution in [1.82, 2.24) is 4.57 Å². The zero-order valence-electron chi connectivity index (χ0n) is 14.9. The summed E-state index contributed by atoms with van der Waals surface area (Å²) in [5, 5.41) is 2.81. The van der Waals surface area contributed by atoms with Gasteiger partial charge in [-0.3, -0.25) is 4.79 Å². The Hall–Kier alpha value is -2.56. The number of esters is 1. The van der Waals surface area contributed by atoms with Crippen LogP contribution in [0.1, 0.15) is 39.8 Å². The Morgan fingerprint density at radius 1 is 1.12 bits per heavy atom. The van der Waals surface area contributed by atoms with Crippen LogP contribution in [0.3, 0.4) is 0 Å². The van der Waals surface area contributed by atoms with Crippen LogP contribution in [-0.4, -0.2) is 23.1 Å². The SMILES string of the molecule is CCn1c(C)cc(C(=O)OCC(=O)Nc2c(C)cccc2C)c1C. The van der Waals surface area contributed by atoms with Crippen LogP contribution in [0, 0.1) is 27.7 Å². The lowest BCUT2D eigenvalue weighted by Crippen LogP contribution is -2.22. The van der Waals surface area contributed by atoms with E-state index in [4.69, 9.17) is 4.74 Å². The van der Waals surface area contributed by atoms with Crippen LogP contribution >= 0.6 is 0 Å². The molecule has 0 radical (unpaired) electrons.